The molecule has 0 bridgehead atoms. The quantitative estimate of drug-likeness (QED) is 0.212. The van der Waals surface area contributed by atoms with E-state index in [1.807, 2.05) is 6.26 Å². The molecule has 0 aliphatic carbocycles. The number of hydrogen-bond acceptors (Lipinski definition) is 5. The summed E-state index contributed by atoms with van der Waals surface area (Å²) in [4.78, 5) is 26.2. The van der Waals surface area contributed by atoms with Crippen LogP contribution in [0.1, 0.15) is 55.7 Å². The van der Waals surface area contributed by atoms with Gasteiger partial charge in [0.25, 0.3) is 11.8 Å². The minimum absolute atomic E-state index is 0.00404. The maximum Gasteiger partial charge on any atom is 0.435 e. The number of anilines is 1. The first kappa shape index (κ1) is 30.7. The van der Waals surface area contributed by atoms with Crippen LogP contribution in [0.5, 0.6) is 0 Å². The Balaban J connectivity index is 1.87. The van der Waals surface area contributed by atoms with Crippen molar-refractivity contribution in [2.45, 2.75) is 38.8 Å². The van der Waals surface area contributed by atoms with Gasteiger partial charge in [-0.1, -0.05) is 24.3 Å². The number of halogens is 6. The zero-order chi connectivity index (χ0) is 29.8. The maximum absolute atomic E-state index is 13.3. The average Bonchev–Trinajstić information content (AvgIpc) is 3.30. The van der Waals surface area contributed by atoms with Crippen molar-refractivity contribution in [2.24, 2.45) is 0 Å². The van der Waals surface area contributed by atoms with Gasteiger partial charge >= 0.3 is 12.4 Å². The zero-order valence-electron chi connectivity index (χ0n) is 21.5. The van der Waals surface area contributed by atoms with Gasteiger partial charge < -0.3 is 16.0 Å². The summed E-state index contributed by atoms with van der Waals surface area (Å²) in [7, 11) is 0. The fraction of sp³-hybridized carbons (Fsp3) is 0.308. The molecule has 0 aliphatic rings. The van der Waals surface area contributed by atoms with E-state index < -0.39 is 42.1 Å². The molecule has 0 aliphatic heterocycles. The Hall–Kier alpha value is -3.81. The molecular formula is C26H25F6N5O2S. The predicted octanol–water partition coefficient (Wildman–Crippen LogP) is 6.01. The van der Waals surface area contributed by atoms with Crippen LogP contribution in [0.15, 0.2) is 42.5 Å². The lowest BCUT2D eigenvalue weighted by Gasteiger charge is -2.17. The van der Waals surface area contributed by atoms with E-state index in [1.165, 1.54) is 48.2 Å². The van der Waals surface area contributed by atoms with Gasteiger partial charge in [-0.15, -0.1) is 0 Å². The van der Waals surface area contributed by atoms with E-state index in [0.717, 1.165) is 6.21 Å². The molecule has 0 fully saturated rings. The van der Waals surface area contributed by atoms with Crippen LogP contribution >= 0.6 is 11.8 Å². The number of alkyl halides is 6. The number of aryl methyl sites for hydroxylation is 1. The van der Waals surface area contributed by atoms with Crippen LogP contribution in [-0.2, 0) is 18.9 Å². The largest absolute Gasteiger partial charge is 0.435 e. The molecule has 7 nitrogen and oxygen atoms in total. The Morgan fingerprint density at radius 3 is 2.35 bits per heavy atom. The molecule has 1 heterocycles. The van der Waals surface area contributed by atoms with Gasteiger partial charge in [0.1, 0.15) is 5.69 Å². The predicted molar refractivity (Wildman–Crippen MR) is 140 cm³/mol. The topological polar surface area (TPSA) is 99.9 Å². The molecule has 1 atom stereocenters. The van der Waals surface area contributed by atoms with Crippen LogP contribution in [0.2, 0.25) is 0 Å². The number of carbonyl (C=O) groups excluding carboxylic acids is 2. The first-order chi connectivity index (χ1) is 18.6. The van der Waals surface area contributed by atoms with Crippen molar-refractivity contribution in [3.8, 4) is 0 Å². The molecule has 3 aromatic rings. The van der Waals surface area contributed by atoms with Crippen molar-refractivity contribution in [3.05, 3.63) is 81.7 Å². The number of aromatic nitrogens is 2. The fourth-order valence-electron chi connectivity index (χ4n) is 3.95. The molecule has 2 aromatic carbocycles. The molecule has 0 radical (unpaired) electrons. The lowest BCUT2D eigenvalue weighted by molar-refractivity contribution is -0.144. The first-order valence-electron chi connectivity index (χ1n) is 11.7. The van der Waals surface area contributed by atoms with Gasteiger partial charge in [0.05, 0.1) is 17.7 Å². The number of thioether (sulfide) groups is 1. The average molecular weight is 586 g/mol. The Labute approximate surface area is 229 Å². The van der Waals surface area contributed by atoms with Crippen molar-refractivity contribution in [1.29, 1.82) is 5.41 Å². The van der Waals surface area contributed by atoms with E-state index in [0.29, 0.717) is 11.3 Å². The second kappa shape index (κ2) is 12.1. The Morgan fingerprint density at radius 1 is 1.07 bits per heavy atom. The Morgan fingerprint density at radius 2 is 1.77 bits per heavy atom. The highest BCUT2D eigenvalue weighted by atomic mass is 32.2. The van der Waals surface area contributed by atoms with Crippen molar-refractivity contribution >= 4 is 35.5 Å². The highest BCUT2D eigenvalue weighted by molar-refractivity contribution is 7.98. The molecule has 14 heteroatoms. The highest BCUT2D eigenvalue weighted by Crippen LogP contribution is 2.35. The fourth-order valence-corrected chi connectivity index (χ4v) is 4.54. The number of rotatable bonds is 9. The number of amides is 2. The summed E-state index contributed by atoms with van der Waals surface area (Å²) in [5.74, 6) is -0.564. The molecule has 214 valence electrons. The number of hydrogen-bond donors (Lipinski definition) is 3. The molecular weight excluding hydrogens is 560 g/mol. The van der Waals surface area contributed by atoms with Gasteiger partial charge in [-0.25, -0.2) is 0 Å². The van der Waals surface area contributed by atoms with Crippen LogP contribution in [0.4, 0.5) is 32.0 Å². The van der Waals surface area contributed by atoms with E-state index in [2.05, 4.69) is 15.7 Å². The number of benzene rings is 2. The highest BCUT2D eigenvalue weighted by Gasteiger charge is 2.41. The van der Waals surface area contributed by atoms with Gasteiger partial charge in [-0.05, 0) is 43.4 Å². The van der Waals surface area contributed by atoms with Crippen molar-refractivity contribution in [3.63, 3.8) is 0 Å². The normalized spacial score (nSPS) is 12.6. The summed E-state index contributed by atoms with van der Waals surface area (Å²) >= 11 is 1.53. The minimum atomic E-state index is -5.05. The van der Waals surface area contributed by atoms with Gasteiger partial charge in [0, 0.05) is 35.3 Å². The second-order valence-corrected chi connectivity index (χ2v) is 9.83. The number of carbonyl (C=O) groups is 2. The van der Waals surface area contributed by atoms with Crippen LogP contribution in [0.25, 0.3) is 0 Å². The van der Waals surface area contributed by atoms with Gasteiger partial charge in [-0.2, -0.15) is 43.2 Å². The van der Waals surface area contributed by atoms with Crippen LogP contribution in [0.3, 0.4) is 0 Å². The van der Waals surface area contributed by atoms with Crippen molar-refractivity contribution < 1.29 is 35.9 Å². The van der Waals surface area contributed by atoms with Crippen LogP contribution < -0.4 is 10.6 Å². The molecule has 40 heavy (non-hydrogen) atoms. The number of nitrogens with zero attached hydrogens (tertiary/aromatic N) is 2. The molecule has 1 aromatic heterocycles. The van der Waals surface area contributed by atoms with Gasteiger partial charge in [0.2, 0.25) is 0 Å². The monoisotopic (exact) mass is 585 g/mol. The zero-order valence-corrected chi connectivity index (χ0v) is 22.3. The Kier molecular flexibility index (Phi) is 9.33. The Bertz CT molecular complexity index is 1420. The van der Waals surface area contributed by atoms with Crippen molar-refractivity contribution in [1.82, 2.24) is 15.1 Å². The van der Waals surface area contributed by atoms with E-state index in [1.54, 1.807) is 13.8 Å². The van der Waals surface area contributed by atoms with Crippen LogP contribution in [-0.4, -0.2) is 45.9 Å². The molecule has 3 N–H and O–H groups in total. The van der Waals surface area contributed by atoms with Gasteiger partial charge in [0.15, 0.2) is 5.69 Å². The first-order valence-corrected chi connectivity index (χ1v) is 13.1. The van der Waals surface area contributed by atoms with Crippen molar-refractivity contribution in [2.75, 3.05) is 17.3 Å². The van der Waals surface area contributed by atoms with Gasteiger partial charge in [-0.3, -0.25) is 14.3 Å². The van der Waals surface area contributed by atoms with E-state index >= 15 is 0 Å². The molecule has 0 saturated carbocycles. The maximum atomic E-state index is 13.3. The SMILES string of the molecule is CSC[C@H](C)NC(=O)c1c(C=N)cccc1C(=O)Nc1ccc(Cn2nc(C(F)(F)F)cc2C(F)(F)F)cc1C. The lowest BCUT2D eigenvalue weighted by Crippen LogP contribution is -2.36. The summed E-state index contributed by atoms with van der Waals surface area (Å²) < 4.78 is 79.2. The van der Waals surface area contributed by atoms with E-state index in [-0.39, 0.29) is 44.7 Å². The number of nitrogens with one attached hydrogen (secondary N) is 3. The summed E-state index contributed by atoms with van der Waals surface area (Å²) in [6, 6.07) is 8.38. The standard InChI is InChI=1S/C26H25F6N5O2S/c1-14-9-16(12-37-21(26(30,31)32)10-20(36-37)25(27,28)29)7-8-19(14)35-23(38)18-6-4-5-17(11-33)22(18)24(39)34-15(2)13-40-3/h4-11,15,33H,12-13H2,1-3H3,(H,34,39)(H,35,38)/t15-/m0/s1. The molecule has 0 spiro atoms. The second-order valence-electron chi connectivity index (χ2n) is 8.92. The minimum Gasteiger partial charge on any atom is -0.349 e. The molecule has 0 unspecified atom stereocenters. The summed E-state index contributed by atoms with van der Waals surface area (Å²) in [5.41, 5.74) is -2.07. The molecule has 2 amide bonds. The molecule has 3 rings (SSSR count). The van der Waals surface area contributed by atoms with Crippen LogP contribution in [0, 0.1) is 12.3 Å². The lowest BCUT2D eigenvalue weighted by atomic mass is 9.99. The summed E-state index contributed by atoms with van der Waals surface area (Å²) in [6.07, 6.45) is -7.26. The third-order valence-electron chi connectivity index (χ3n) is 5.75. The summed E-state index contributed by atoms with van der Waals surface area (Å²) in [6.45, 7) is 2.76. The molecule has 0 saturated heterocycles. The smallest absolute Gasteiger partial charge is 0.349 e. The third-order valence-corrected chi connectivity index (χ3v) is 6.58. The van der Waals surface area contributed by atoms with E-state index in [9.17, 15) is 35.9 Å². The summed E-state index contributed by atoms with van der Waals surface area (Å²) in [5, 5.41) is 16.2. The van der Waals surface area contributed by atoms with E-state index in [4.69, 9.17) is 5.41 Å². The third kappa shape index (κ3) is 7.23.